The molecule has 0 atom stereocenters. The van der Waals surface area contributed by atoms with Crippen molar-refractivity contribution in [1.82, 2.24) is 9.88 Å². The average molecular weight is 420 g/mol. The molecule has 150 valence electrons. The first-order valence-corrected chi connectivity index (χ1v) is 9.64. The number of hydrogen-bond acceptors (Lipinski definition) is 3. The lowest BCUT2D eigenvalue weighted by Crippen LogP contribution is -2.54. The van der Waals surface area contributed by atoms with Gasteiger partial charge in [0.15, 0.2) is 0 Å². The van der Waals surface area contributed by atoms with Crippen molar-refractivity contribution in [3.63, 3.8) is 0 Å². The summed E-state index contributed by atoms with van der Waals surface area (Å²) in [4.78, 5) is 39.0. The molecular formula is C23H18ClN3O3. The van der Waals surface area contributed by atoms with Crippen LogP contribution >= 0.6 is 11.6 Å². The Bertz CT molecular complexity index is 1190. The molecule has 2 aromatic carbocycles. The molecule has 1 fully saturated rings. The van der Waals surface area contributed by atoms with Gasteiger partial charge < -0.3 is 4.57 Å². The Morgan fingerprint density at radius 2 is 1.57 bits per heavy atom. The highest BCUT2D eigenvalue weighted by Crippen LogP contribution is 2.25. The molecule has 0 saturated carbocycles. The molecule has 0 aliphatic carbocycles. The minimum absolute atomic E-state index is 0.123. The molecule has 0 bridgehead atoms. The van der Waals surface area contributed by atoms with Crippen LogP contribution in [0.4, 0.5) is 10.5 Å². The Labute approximate surface area is 178 Å². The molecule has 4 rings (SSSR count). The van der Waals surface area contributed by atoms with E-state index in [2.05, 4.69) is 5.32 Å². The van der Waals surface area contributed by atoms with Crippen molar-refractivity contribution in [2.75, 3.05) is 4.90 Å². The van der Waals surface area contributed by atoms with Gasteiger partial charge in [0.2, 0.25) is 0 Å². The lowest BCUT2D eigenvalue weighted by atomic mass is 10.1. The summed E-state index contributed by atoms with van der Waals surface area (Å²) in [6.07, 6.45) is 3.29. The van der Waals surface area contributed by atoms with Gasteiger partial charge in [-0.15, -0.1) is 0 Å². The van der Waals surface area contributed by atoms with Gasteiger partial charge in [0, 0.05) is 22.6 Å². The van der Waals surface area contributed by atoms with Gasteiger partial charge in [-0.25, -0.2) is 9.69 Å². The molecule has 0 unspecified atom stereocenters. The Morgan fingerprint density at radius 3 is 2.23 bits per heavy atom. The van der Waals surface area contributed by atoms with E-state index in [9.17, 15) is 14.4 Å². The number of nitrogens with one attached hydrogen (secondary N) is 1. The van der Waals surface area contributed by atoms with Crippen LogP contribution in [0.15, 0.2) is 66.4 Å². The lowest BCUT2D eigenvalue weighted by molar-refractivity contribution is -0.122. The number of nitrogens with zero attached hydrogens (tertiary/aromatic N) is 2. The molecule has 1 aromatic heterocycles. The van der Waals surface area contributed by atoms with Gasteiger partial charge in [0.25, 0.3) is 11.8 Å². The van der Waals surface area contributed by atoms with E-state index in [-0.39, 0.29) is 5.57 Å². The summed E-state index contributed by atoms with van der Waals surface area (Å²) < 4.78 is 1.82. The number of urea groups is 1. The van der Waals surface area contributed by atoms with Gasteiger partial charge in [-0.05, 0) is 79.6 Å². The fourth-order valence-corrected chi connectivity index (χ4v) is 3.59. The largest absolute Gasteiger partial charge is 0.335 e. The van der Waals surface area contributed by atoms with E-state index in [0.717, 1.165) is 21.7 Å². The fraction of sp³-hybridized carbons (Fsp3) is 0.0870. The number of carbonyl (C=O) groups is 3. The first-order chi connectivity index (χ1) is 14.3. The zero-order valence-electron chi connectivity index (χ0n) is 16.3. The number of aryl methyl sites for hydroxylation is 2. The van der Waals surface area contributed by atoms with Gasteiger partial charge >= 0.3 is 6.03 Å². The summed E-state index contributed by atoms with van der Waals surface area (Å²) in [6.45, 7) is 3.76. The zero-order chi connectivity index (χ0) is 21.4. The second-order valence-electron chi connectivity index (χ2n) is 7.08. The number of hydrogen-bond donors (Lipinski definition) is 1. The first kappa shape index (κ1) is 19.7. The number of barbiturate groups is 1. The van der Waals surface area contributed by atoms with Gasteiger partial charge in [-0.3, -0.25) is 14.9 Å². The van der Waals surface area contributed by atoms with Gasteiger partial charge in [0.1, 0.15) is 5.57 Å². The molecule has 1 aliphatic heterocycles. The van der Waals surface area contributed by atoms with E-state index in [4.69, 9.17) is 11.6 Å². The molecule has 1 N–H and O–H groups in total. The topological polar surface area (TPSA) is 71.4 Å². The molecule has 1 aliphatic rings. The Kier molecular flexibility index (Phi) is 5.01. The van der Waals surface area contributed by atoms with E-state index in [1.165, 1.54) is 6.08 Å². The number of imide groups is 2. The van der Waals surface area contributed by atoms with Crippen LogP contribution < -0.4 is 10.2 Å². The second-order valence-corrected chi connectivity index (χ2v) is 7.52. The third-order valence-electron chi connectivity index (χ3n) is 4.74. The van der Waals surface area contributed by atoms with Gasteiger partial charge in [-0.1, -0.05) is 17.7 Å². The monoisotopic (exact) mass is 419 g/mol. The second kappa shape index (κ2) is 7.65. The third kappa shape index (κ3) is 3.65. The van der Waals surface area contributed by atoms with Crippen molar-refractivity contribution in [2.24, 2.45) is 0 Å². The summed E-state index contributed by atoms with van der Waals surface area (Å²) in [6, 6.07) is 15.4. The minimum Gasteiger partial charge on any atom is -0.317 e. The zero-order valence-corrected chi connectivity index (χ0v) is 17.1. The van der Waals surface area contributed by atoms with Gasteiger partial charge in [-0.2, -0.15) is 0 Å². The average Bonchev–Trinajstić information content (AvgIpc) is 3.13. The molecule has 4 amide bonds. The van der Waals surface area contributed by atoms with Crippen LogP contribution in [0.25, 0.3) is 11.8 Å². The Morgan fingerprint density at radius 1 is 0.900 bits per heavy atom. The highest BCUT2D eigenvalue weighted by Gasteiger charge is 2.37. The van der Waals surface area contributed by atoms with E-state index >= 15 is 0 Å². The first-order valence-electron chi connectivity index (χ1n) is 9.26. The number of benzene rings is 2. The van der Waals surface area contributed by atoms with Crippen LogP contribution in [-0.2, 0) is 9.59 Å². The molecule has 0 spiro atoms. The quantitative estimate of drug-likeness (QED) is 0.504. The molecule has 2 heterocycles. The minimum atomic E-state index is -0.764. The normalized spacial score (nSPS) is 15.6. The van der Waals surface area contributed by atoms with Crippen LogP contribution in [0.2, 0.25) is 5.02 Å². The molecule has 30 heavy (non-hydrogen) atoms. The summed E-state index contributed by atoms with van der Waals surface area (Å²) in [5, 5.41) is 2.87. The molecule has 3 aromatic rings. The van der Waals surface area contributed by atoms with Crippen LogP contribution in [0, 0.1) is 13.8 Å². The van der Waals surface area contributed by atoms with Crippen LogP contribution in [-0.4, -0.2) is 22.4 Å². The number of rotatable bonds is 3. The SMILES string of the molecule is Cc1cc(C)cc(N2C(=O)NC(=O)/C(=C\c3cccn3-c3ccc(Cl)cc3)C2=O)c1. The number of anilines is 1. The van der Waals surface area contributed by atoms with Crippen molar-refractivity contribution < 1.29 is 14.4 Å². The predicted molar refractivity (Wildman–Crippen MR) is 116 cm³/mol. The van der Waals surface area contributed by atoms with Crippen molar-refractivity contribution in [2.45, 2.75) is 13.8 Å². The number of carbonyl (C=O) groups excluding carboxylic acids is 3. The van der Waals surface area contributed by atoms with E-state index < -0.39 is 17.8 Å². The molecule has 1 saturated heterocycles. The van der Waals surface area contributed by atoms with E-state index in [0.29, 0.717) is 16.4 Å². The number of halogens is 1. The van der Waals surface area contributed by atoms with Crippen molar-refractivity contribution in [3.05, 3.63) is 88.2 Å². The van der Waals surface area contributed by atoms with Crippen LogP contribution in [0.3, 0.4) is 0 Å². The number of aromatic nitrogens is 1. The third-order valence-corrected chi connectivity index (χ3v) is 5.00. The van der Waals surface area contributed by atoms with Crippen molar-refractivity contribution >= 4 is 41.2 Å². The highest BCUT2D eigenvalue weighted by atomic mass is 35.5. The fourth-order valence-electron chi connectivity index (χ4n) is 3.47. The molecule has 0 radical (unpaired) electrons. The summed E-state index contributed by atoms with van der Waals surface area (Å²) in [5.74, 6) is -1.40. The van der Waals surface area contributed by atoms with E-state index in [1.54, 1.807) is 36.4 Å². The Balaban J connectivity index is 1.76. The molecular weight excluding hydrogens is 402 g/mol. The van der Waals surface area contributed by atoms with E-state index in [1.807, 2.05) is 42.8 Å². The molecule has 7 heteroatoms. The summed E-state index contributed by atoms with van der Waals surface area (Å²) >= 11 is 5.96. The maximum Gasteiger partial charge on any atom is 0.335 e. The van der Waals surface area contributed by atoms with Crippen molar-refractivity contribution in [1.29, 1.82) is 0 Å². The summed E-state index contributed by atoms with van der Waals surface area (Å²) in [7, 11) is 0. The maximum atomic E-state index is 13.1. The maximum absolute atomic E-state index is 13.1. The number of amides is 4. The lowest BCUT2D eigenvalue weighted by Gasteiger charge is -2.27. The van der Waals surface area contributed by atoms with Crippen molar-refractivity contribution in [3.8, 4) is 5.69 Å². The Hall–Kier alpha value is -3.64. The van der Waals surface area contributed by atoms with Crippen LogP contribution in [0.5, 0.6) is 0 Å². The predicted octanol–water partition coefficient (Wildman–Crippen LogP) is 4.41. The van der Waals surface area contributed by atoms with Gasteiger partial charge in [0.05, 0.1) is 5.69 Å². The summed E-state index contributed by atoms with van der Waals surface area (Å²) in [5.41, 5.74) is 3.55. The van der Waals surface area contributed by atoms with Crippen LogP contribution in [0.1, 0.15) is 16.8 Å². The standard InChI is InChI=1S/C23H18ClN3O3/c1-14-10-15(2)12-19(11-14)27-22(29)20(21(28)25-23(27)30)13-18-4-3-9-26(18)17-7-5-16(24)6-8-17/h3-13H,1-2H3,(H,25,28,30)/b20-13+. The molecule has 6 nitrogen and oxygen atoms in total. The highest BCUT2D eigenvalue weighted by molar-refractivity contribution is 6.39. The smallest absolute Gasteiger partial charge is 0.317 e.